The molecule has 11 heteroatoms. The monoisotopic (exact) mass is 641 g/mol. The maximum atomic E-state index is 13.4. The van der Waals surface area contributed by atoms with Crippen LogP contribution in [0.1, 0.15) is 48.2 Å². The highest BCUT2D eigenvalue weighted by Crippen LogP contribution is 2.40. The zero-order valence-electron chi connectivity index (χ0n) is 26.9. The van der Waals surface area contributed by atoms with Gasteiger partial charge in [0.1, 0.15) is 5.75 Å². The minimum Gasteiger partial charge on any atom is -0.465 e. The number of hydrogen-bond donors (Lipinski definition) is 3. The number of rotatable bonds is 8. The highest BCUT2D eigenvalue weighted by molar-refractivity contribution is 6.10. The van der Waals surface area contributed by atoms with Crippen molar-refractivity contribution in [2.24, 2.45) is 0 Å². The summed E-state index contributed by atoms with van der Waals surface area (Å²) in [6.07, 6.45) is 3.93. The molecule has 242 valence electrons. The lowest BCUT2D eigenvalue weighted by atomic mass is 9.85. The summed E-state index contributed by atoms with van der Waals surface area (Å²) >= 11 is 0. The Bertz CT molecular complexity index is 2060. The number of carboxylic acid groups (broad SMARTS) is 1. The Kier molecular flexibility index (Phi) is 8.90. The normalized spacial score (nSPS) is 14.6. The smallest absolute Gasteiger partial charge is 0.407 e. The molecule has 2 aromatic heterocycles. The summed E-state index contributed by atoms with van der Waals surface area (Å²) in [7, 11) is 0. The number of aryl methyl sites for hydroxylation is 1. The molecule has 0 spiro atoms. The molecule has 0 radical (unpaired) electrons. The van der Waals surface area contributed by atoms with Gasteiger partial charge in [0, 0.05) is 53.5 Å². The number of nitrogens with zero attached hydrogens (tertiary/aromatic N) is 5. The van der Waals surface area contributed by atoms with Gasteiger partial charge in [0.2, 0.25) is 11.8 Å². The third kappa shape index (κ3) is 6.73. The molecule has 0 aliphatic carbocycles. The number of piperidine rings is 1. The molecule has 3 aromatic carbocycles. The molecule has 1 aliphatic heterocycles. The molecule has 3 heterocycles. The van der Waals surface area contributed by atoms with Crippen LogP contribution in [-0.2, 0) is 5.41 Å². The van der Waals surface area contributed by atoms with E-state index in [-0.39, 0.29) is 11.9 Å². The van der Waals surface area contributed by atoms with Crippen LogP contribution in [-0.4, -0.2) is 56.1 Å². The molecule has 5 aromatic rings. The fraction of sp³-hybridized carbons (Fsp3) is 0.243. The molecular weight excluding hydrogens is 606 g/mol. The molecule has 2 amide bonds. The minimum absolute atomic E-state index is 0.101. The first kappa shape index (κ1) is 31.9. The van der Waals surface area contributed by atoms with E-state index < -0.39 is 11.5 Å². The molecule has 1 atom stereocenters. The van der Waals surface area contributed by atoms with E-state index in [1.165, 1.54) is 4.90 Å². The number of hydrogen-bond acceptors (Lipinski definition) is 8. The molecule has 11 nitrogen and oxygen atoms in total. The number of nitriles is 1. The van der Waals surface area contributed by atoms with Crippen molar-refractivity contribution < 1.29 is 19.4 Å². The summed E-state index contributed by atoms with van der Waals surface area (Å²) in [5, 5.41) is 26.9. The molecule has 6 rings (SSSR count). The SMILES string of the molecule is Cc1cc(NC(=O)c2cccc(C(C)(C)C#N)c2)c2ccccc2c1Oc1ncccc1-c1ccnc(NC2CCCN(C(=O)O)C2)n1. The van der Waals surface area contributed by atoms with Crippen LogP contribution < -0.4 is 15.4 Å². The zero-order valence-corrected chi connectivity index (χ0v) is 26.9. The van der Waals surface area contributed by atoms with E-state index in [9.17, 15) is 20.0 Å². The first-order valence-corrected chi connectivity index (χ1v) is 15.7. The van der Waals surface area contributed by atoms with Crippen LogP contribution in [0.5, 0.6) is 11.6 Å². The molecule has 3 N–H and O–H groups in total. The van der Waals surface area contributed by atoms with Crippen molar-refractivity contribution in [3.8, 4) is 29.0 Å². The standard InChI is InChI=1S/C37H35N7O4/c1-23-19-31(42-33(45)24-9-6-10-25(20-24)37(2,3)22-38)27-12-4-5-13-28(27)32(23)48-34-29(14-7-16-39-34)30-15-17-40-35(43-30)41-26-11-8-18-44(21-26)36(46)47/h4-7,9-10,12-17,19-20,26H,8,11,18,21H2,1-3H3,(H,42,45)(H,46,47)(H,40,41,43). The number of ether oxygens (including phenoxy) is 1. The Balaban J connectivity index is 1.28. The van der Waals surface area contributed by atoms with Crippen molar-refractivity contribution in [2.45, 2.75) is 45.1 Å². The van der Waals surface area contributed by atoms with Gasteiger partial charge in [-0.2, -0.15) is 5.26 Å². The first-order chi connectivity index (χ1) is 23.1. The van der Waals surface area contributed by atoms with Crippen LogP contribution >= 0.6 is 0 Å². The van der Waals surface area contributed by atoms with Gasteiger partial charge < -0.3 is 25.4 Å². The zero-order chi connectivity index (χ0) is 33.8. The van der Waals surface area contributed by atoms with E-state index in [1.54, 1.807) is 42.7 Å². The van der Waals surface area contributed by atoms with Crippen molar-refractivity contribution in [3.63, 3.8) is 0 Å². The van der Waals surface area contributed by atoms with Gasteiger partial charge in [0.25, 0.3) is 5.91 Å². The molecule has 0 saturated carbocycles. The Morgan fingerprint density at radius 2 is 1.83 bits per heavy atom. The average molecular weight is 642 g/mol. The van der Waals surface area contributed by atoms with E-state index in [0.29, 0.717) is 53.2 Å². The number of carbonyl (C=O) groups is 2. The summed E-state index contributed by atoms with van der Waals surface area (Å²) in [5.74, 6) is 1.04. The van der Waals surface area contributed by atoms with E-state index >= 15 is 0 Å². The van der Waals surface area contributed by atoms with Gasteiger partial charge in [-0.05, 0) is 81.1 Å². The maximum Gasteiger partial charge on any atom is 0.407 e. The Hall–Kier alpha value is -6.02. The van der Waals surface area contributed by atoms with Gasteiger partial charge in [-0.1, -0.05) is 36.4 Å². The summed E-state index contributed by atoms with van der Waals surface area (Å²) in [6, 6.07) is 24.3. The number of likely N-dealkylation sites (tertiary alicyclic amines) is 1. The number of anilines is 2. The van der Waals surface area contributed by atoms with Crippen LogP contribution in [0, 0.1) is 18.3 Å². The van der Waals surface area contributed by atoms with Gasteiger partial charge in [0.05, 0.1) is 22.7 Å². The molecule has 0 bridgehead atoms. The second-order valence-electron chi connectivity index (χ2n) is 12.3. The first-order valence-electron chi connectivity index (χ1n) is 15.7. The van der Waals surface area contributed by atoms with Crippen molar-refractivity contribution in [3.05, 3.63) is 102 Å². The Labute approximate surface area is 278 Å². The molecule has 1 aliphatic rings. The summed E-state index contributed by atoms with van der Waals surface area (Å²) in [6.45, 7) is 6.43. The number of pyridine rings is 1. The topological polar surface area (TPSA) is 153 Å². The van der Waals surface area contributed by atoms with Crippen molar-refractivity contribution in [1.82, 2.24) is 19.9 Å². The summed E-state index contributed by atoms with van der Waals surface area (Å²) in [4.78, 5) is 40.0. The maximum absolute atomic E-state index is 13.4. The predicted molar refractivity (Wildman–Crippen MR) is 183 cm³/mol. The van der Waals surface area contributed by atoms with Crippen LogP contribution in [0.3, 0.4) is 0 Å². The summed E-state index contributed by atoms with van der Waals surface area (Å²) < 4.78 is 6.54. The molecule has 1 fully saturated rings. The highest BCUT2D eigenvalue weighted by atomic mass is 16.5. The molecular formula is C37H35N7O4. The minimum atomic E-state index is -0.933. The fourth-order valence-corrected chi connectivity index (χ4v) is 5.83. The van der Waals surface area contributed by atoms with Crippen LogP contribution in [0.2, 0.25) is 0 Å². The lowest BCUT2D eigenvalue weighted by Crippen LogP contribution is -2.44. The number of fused-ring (bicyclic) bond motifs is 1. The largest absolute Gasteiger partial charge is 0.465 e. The Morgan fingerprint density at radius 3 is 2.62 bits per heavy atom. The predicted octanol–water partition coefficient (Wildman–Crippen LogP) is 7.40. The van der Waals surface area contributed by atoms with E-state index in [1.807, 2.05) is 63.2 Å². The fourth-order valence-electron chi connectivity index (χ4n) is 5.83. The van der Waals surface area contributed by atoms with Crippen molar-refractivity contribution in [2.75, 3.05) is 23.7 Å². The van der Waals surface area contributed by atoms with Gasteiger partial charge in [-0.25, -0.2) is 19.7 Å². The number of benzene rings is 3. The highest BCUT2D eigenvalue weighted by Gasteiger charge is 2.25. The molecule has 48 heavy (non-hydrogen) atoms. The number of aromatic nitrogens is 3. The third-order valence-corrected chi connectivity index (χ3v) is 8.48. The second-order valence-corrected chi connectivity index (χ2v) is 12.3. The van der Waals surface area contributed by atoms with Crippen molar-refractivity contribution >= 4 is 34.4 Å². The van der Waals surface area contributed by atoms with E-state index in [2.05, 4.69) is 26.7 Å². The van der Waals surface area contributed by atoms with Gasteiger partial charge >= 0.3 is 6.09 Å². The quantitative estimate of drug-likeness (QED) is 0.157. The average Bonchev–Trinajstić information content (AvgIpc) is 3.10. The molecule has 1 unspecified atom stereocenters. The molecule has 1 saturated heterocycles. The lowest BCUT2D eigenvalue weighted by Gasteiger charge is -2.31. The van der Waals surface area contributed by atoms with Crippen LogP contribution in [0.15, 0.2) is 85.2 Å². The van der Waals surface area contributed by atoms with Gasteiger partial charge in [-0.3, -0.25) is 4.79 Å². The van der Waals surface area contributed by atoms with Crippen LogP contribution in [0.4, 0.5) is 16.4 Å². The lowest BCUT2D eigenvalue weighted by molar-refractivity contribution is 0.102. The number of carbonyl (C=O) groups excluding carboxylic acids is 1. The van der Waals surface area contributed by atoms with Gasteiger partial charge in [0.15, 0.2) is 0 Å². The van der Waals surface area contributed by atoms with Crippen LogP contribution in [0.25, 0.3) is 22.0 Å². The van der Waals surface area contributed by atoms with E-state index in [0.717, 1.165) is 34.7 Å². The third-order valence-electron chi connectivity index (χ3n) is 8.48. The Morgan fingerprint density at radius 1 is 1.02 bits per heavy atom. The van der Waals surface area contributed by atoms with Gasteiger partial charge in [-0.15, -0.1) is 0 Å². The van der Waals surface area contributed by atoms with Crippen molar-refractivity contribution in [1.29, 1.82) is 5.26 Å². The summed E-state index contributed by atoms with van der Waals surface area (Å²) in [5.41, 5.74) is 3.14. The second kappa shape index (κ2) is 13.4. The number of amides is 2. The number of nitrogens with one attached hydrogen (secondary N) is 2. The van der Waals surface area contributed by atoms with E-state index in [4.69, 9.17) is 9.72 Å².